The second-order valence-electron chi connectivity index (χ2n) is 3.25. The predicted octanol–water partition coefficient (Wildman–Crippen LogP) is 0.769. The molecule has 0 radical (unpaired) electrons. The number of rotatable bonds is 3. The summed E-state index contributed by atoms with van der Waals surface area (Å²) in [5.74, 6) is -0.476. The molecule has 0 unspecified atom stereocenters. The number of carbonyl (C=O) groups excluding carboxylic acids is 2. The molecule has 1 aromatic heterocycles. The molecule has 1 aromatic rings. The van der Waals surface area contributed by atoms with Crippen molar-refractivity contribution in [3.05, 3.63) is 30.1 Å². The van der Waals surface area contributed by atoms with Gasteiger partial charge in [0.1, 0.15) is 6.61 Å². The number of carbonyl (C=O) groups is 2. The van der Waals surface area contributed by atoms with Crippen molar-refractivity contribution in [3.63, 3.8) is 0 Å². The molecular weight excluding hydrogens is 248 g/mol. The minimum Gasteiger partial charge on any atom is -0.458 e. The highest BCUT2D eigenvalue weighted by atomic mass is 35.5. The molecule has 7 heteroatoms. The Hall–Kier alpha value is -1.82. The fourth-order valence-corrected chi connectivity index (χ4v) is 1.26. The summed E-state index contributed by atoms with van der Waals surface area (Å²) in [6.45, 7) is 0.408. The van der Waals surface area contributed by atoms with Gasteiger partial charge in [0.15, 0.2) is 6.10 Å². The van der Waals surface area contributed by atoms with Crippen LogP contribution in [-0.4, -0.2) is 36.3 Å². The normalized spacial score (nSPS) is 17.6. The first-order valence-electron chi connectivity index (χ1n) is 4.77. The lowest BCUT2D eigenvalue weighted by Crippen LogP contribution is -2.22. The zero-order chi connectivity index (χ0) is 11.4. The van der Waals surface area contributed by atoms with Crippen LogP contribution >= 0.6 is 12.4 Å². The van der Waals surface area contributed by atoms with Crippen LogP contribution in [0.4, 0.5) is 4.79 Å². The average molecular weight is 259 g/mol. The van der Waals surface area contributed by atoms with Crippen molar-refractivity contribution in [1.82, 2.24) is 10.3 Å². The maximum Gasteiger partial charge on any atom is 0.407 e. The molecule has 0 saturated carbocycles. The maximum atomic E-state index is 11.5. The van der Waals surface area contributed by atoms with Gasteiger partial charge in [0.2, 0.25) is 0 Å². The van der Waals surface area contributed by atoms with E-state index in [1.54, 1.807) is 18.3 Å². The molecule has 2 rings (SSSR count). The van der Waals surface area contributed by atoms with Gasteiger partial charge < -0.3 is 14.8 Å². The third-order valence-electron chi connectivity index (χ3n) is 2.05. The molecular formula is C10H11ClN2O4. The summed E-state index contributed by atoms with van der Waals surface area (Å²) in [4.78, 5) is 25.9. The Kier molecular flexibility index (Phi) is 4.71. The van der Waals surface area contributed by atoms with E-state index in [1.165, 1.54) is 6.20 Å². The number of amides is 1. The summed E-state index contributed by atoms with van der Waals surface area (Å²) >= 11 is 0. The molecule has 1 aliphatic rings. The molecule has 1 saturated heterocycles. The van der Waals surface area contributed by atoms with Gasteiger partial charge in [-0.05, 0) is 12.1 Å². The highest BCUT2D eigenvalue weighted by Gasteiger charge is 2.23. The zero-order valence-electron chi connectivity index (χ0n) is 8.79. The van der Waals surface area contributed by atoms with Gasteiger partial charge in [0, 0.05) is 12.4 Å². The number of halogens is 1. The number of nitrogens with zero attached hydrogens (tertiary/aromatic N) is 1. The number of ether oxygens (including phenoxy) is 2. The Balaban J connectivity index is 0.00000144. The van der Waals surface area contributed by atoms with Crippen LogP contribution in [-0.2, 0) is 9.47 Å². The second-order valence-corrected chi connectivity index (χ2v) is 3.25. The second kappa shape index (κ2) is 6.05. The van der Waals surface area contributed by atoms with Gasteiger partial charge in [-0.25, -0.2) is 9.59 Å². The van der Waals surface area contributed by atoms with Crippen molar-refractivity contribution in [1.29, 1.82) is 0 Å². The van der Waals surface area contributed by atoms with Crippen LogP contribution in [0.2, 0.25) is 0 Å². The lowest BCUT2D eigenvalue weighted by Gasteiger charge is -2.08. The summed E-state index contributed by atoms with van der Waals surface area (Å²) in [5, 5.41) is 2.47. The van der Waals surface area contributed by atoms with Crippen molar-refractivity contribution in [2.75, 3.05) is 13.2 Å². The van der Waals surface area contributed by atoms with Crippen molar-refractivity contribution < 1.29 is 19.1 Å². The Morgan fingerprint density at radius 1 is 1.65 bits per heavy atom. The van der Waals surface area contributed by atoms with Crippen LogP contribution in [0.15, 0.2) is 24.5 Å². The van der Waals surface area contributed by atoms with Crippen molar-refractivity contribution >= 4 is 24.5 Å². The van der Waals surface area contributed by atoms with E-state index in [1.807, 2.05) is 0 Å². The van der Waals surface area contributed by atoms with Crippen LogP contribution in [0.5, 0.6) is 0 Å². The van der Waals surface area contributed by atoms with E-state index in [9.17, 15) is 9.59 Å². The zero-order valence-corrected chi connectivity index (χ0v) is 9.61. The molecule has 1 aliphatic heterocycles. The van der Waals surface area contributed by atoms with Crippen LogP contribution in [0.1, 0.15) is 10.4 Å². The Morgan fingerprint density at radius 3 is 3.06 bits per heavy atom. The fraction of sp³-hybridized carbons (Fsp3) is 0.300. The summed E-state index contributed by atoms with van der Waals surface area (Å²) < 4.78 is 9.77. The van der Waals surface area contributed by atoms with Gasteiger partial charge in [0.25, 0.3) is 0 Å². The number of pyridine rings is 1. The van der Waals surface area contributed by atoms with E-state index >= 15 is 0 Å². The summed E-state index contributed by atoms with van der Waals surface area (Å²) in [6.07, 6.45) is 2.09. The molecule has 2 heterocycles. The van der Waals surface area contributed by atoms with Crippen LogP contribution in [0.3, 0.4) is 0 Å². The van der Waals surface area contributed by atoms with Crippen molar-refractivity contribution in [2.24, 2.45) is 0 Å². The Bertz CT molecular complexity index is 399. The van der Waals surface area contributed by atoms with Gasteiger partial charge in [-0.15, -0.1) is 12.4 Å². The summed E-state index contributed by atoms with van der Waals surface area (Å²) in [5.41, 5.74) is 0.375. The molecule has 17 heavy (non-hydrogen) atoms. The first-order valence-corrected chi connectivity index (χ1v) is 4.77. The van der Waals surface area contributed by atoms with Crippen molar-refractivity contribution in [2.45, 2.75) is 6.10 Å². The van der Waals surface area contributed by atoms with Gasteiger partial charge in [-0.1, -0.05) is 0 Å². The topological polar surface area (TPSA) is 77.5 Å². The summed E-state index contributed by atoms with van der Waals surface area (Å²) in [7, 11) is 0. The van der Waals surface area contributed by atoms with E-state index in [4.69, 9.17) is 9.47 Å². The predicted molar refractivity (Wildman–Crippen MR) is 60.0 cm³/mol. The standard InChI is InChI=1S/C10H10N2O4.ClH/c13-9(7-2-1-3-11-4-7)15-6-8-5-12-10(14)16-8;/h1-4,8H,5-6H2,(H,12,14);1H/t8-;/m0./s1. The highest BCUT2D eigenvalue weighted by molar-refractivity contribution is 5.88. The quantitative estimate of drug-likeness (QED) is 0.811. The lowest BCUT2D eigenvalue weighted by molar-refractivity contribution is 0.0300. The Morgan fingerprint density at radius 2 is 2.47 bits per heavy atom. The Labute approximate surface area is 104 Å². The molecule has 92 valence electrons. The minimum atomic E-state index is -0.484. The third-order valence-corrected chi connectivity index (χ3v) is 2.05. The molecule has 0 aliphatic carbocycles. The smallest absolute Gasteiger partial charge is 0.407 e. The van der Waals surface area contributed by atoms with Crippen LogP contribution < -0.4 is 5.32 Å². The molecule has 1 amide bonds. The number of nitrogens with one attached hydrogen (secondary N) is 1. The third kappa shape index (κ3) is 3.60. The fourth-order valence-electron chi connectivity index (χ4n) is 1.26. The van der Waals surface area contributed by atoms with Gasteiger partial charge in [-0.3, -0.25) is 4.98 Å². The van der Waals surface area contributed by atoms with Gasteiger partial charge >= 0.3 is 12.1 Å². The number of hydrogen-bond acceptors (Lipinski definition) is 5. The molecule has 6 nitrogen and oxygen atoms in total. The molecule has 1 fully saturated rings. The van der Waals surface area contributed by atoms with Crippen LogP contribution in [0, 0.1) is 0 Å². The monoisotopic (exact) mass is 258 g/mol. The first kappa shape index (κ1) is 13.2. The molecule has 1 N–H and O–H groups in total. The molecule has 0 spiro atoms. The lowest BCUT2D eigenvalue weighted by atomic mass is 10.3. The average Bonchev–Trinajstić information content (AvgIpc) is 2.73. The van der Waals surface area contributed by atoms with Crippen molar-refractivity contribution in [3.8, 4) is 0 Å². The number of aromatic nitrogens is 1. The van der Waals surface area contributed by atoms with Gasteiger partial charge in [0.05, 0.1) is 12.1 Å². The van der Waals surface area contributed by atoms with Gasteiger partial charge in [-0.2, -0.15) is 0 Å². The van der Waals surface area contributed by atoms with E-state index in [0.29, 0.717) is 12.1 Å². The maximum absolute atomic E-state index is 11.5. The van der Waals surface area contributed by atoms with Crippen LogP contribution in [0.25, 0.3) is 0 Å². The molecule has 0 bridgehead atoms. The van der Waals surface area contributed by atoms with E-state index in [2.05, 4.69) is 10.3 Å². The first-order chi connectivity index (χ1) is 7.75. The SMILES string of the molecule is Cl.O=C1NC[C@@H](COC(=O)c2cccnc2)O1. The highest BCUT2D eigenvalue weighted by Crippen LogP contribution is 2.04. The van der Waals surface area contributed by atoms with E-state index in [0.717, 1.165) is 0 Å². The number of hydrogen-bond donors (Lipinski definition) is 1. The molecule has 1 atom stereocenters. The van der Waals surface area contributed by atoms with E-state index < -0.39 is 18.2 Å². The largest absolute Gasteiger partial charge is 0.458 e. The number of esters is 1. The summed E-state index contributed by atoms with van der Waals surface area (Å²) in [6, 6.07) is 3.25. The van der Waals surface area contributed by atoms with E-state index in [-0.39, 0.29) is 19.0 Å². The minimum absolute atomic E-state index is 0. The number of alkyl carbamates (subject to hydrolysis) is 1. The molecule has 0 aromatic carbocycles. The number of cyclic esters (lactones) is 1.